The number of non-ortho nitro benzene ring substituents is 1. The first-order chi connectivity index (χ1) is 14.3. The second-order valence-electron chi connectivity index (χ2n) is 5.88. The minimum absolute atomic E-state index is 0.0556. The first-order valence-electron chi connectivity index (χ1n) is 9.19. The van der Waals surface area contributed by atoms with Gasteiger partial charge in [-0.2, -0.15) is 0 Å². The Balaban J connectivity index is 2.60. The number of benzene rings is 1. The molecule has 2 rings (SSSR count). The molecule has 0 unspecified atom stereocenters. The highest BCUT2D eigenvalue weighted by molar-refractivity contribution is 7.16. The average molecular weight is 435 g/mol. The maximum absolute atomic E-state index is 12.9. The topological polar surface area (TPSA) is 122 Å². The van der Waals surface area contributed by atoms with Gasteiger partial charge in [0.2, 0.25) is 0 Å². The molecule has 1 heterocycles. The third-order valence-electron chi connectivity index (χ3n) is 4.08. The molecule has 0 radical (unpaired) electrons. The Bertz CT molecular complexity index is 889. The summed E-state index contributed by atoms with van der Waals surface area (Å²) in [6, 6.07) is 8.80. The SMILES string of the molecule is CCOC(=O)C(C(=O)OCC)(C(=O)OCC)c1ccc(-c2ccc([N+](=O)[O-])cc2)s1. The number of nitro groups is 1. The number of nitrogens with zero attached hydrogens (tertiary/aromatic N) is 1. The van der Waals surface area contributed by atoms with E-state index in [9.17, 15) is 24.5 Å². The number of thiophene rings is 1. The van der Waals surface area contributed by atoms with Crippen molar-refractivity contribution in [1.29, 1.82) is 0 Å². The fourth-order valence-electron chi connectivity index (χ4n) is 2.71. The van der Waals surface area contributed by atoms with Crippen LogP contribution >= 0.6 is 11.3 Å². The molecule has 0 N–H and O–H groups in total. The highest BCUT2D eigenvalue weighted by atomic mass is 32.1. The highest BCUT2D eigenvalue weighted by Gasteiger charge is 2.60. The van der Waals surface area contributed by atoms with Crippen LogP contribution < -0.4 is 0 Å². The summed E-state index contributed by atoms with van der Waals surface area (Å²) in [5, 5.41) is 10.8. The lowest BCUT2D eigenvalue weighted by atomic mass is 9.86. The monoisotopic (exact) mass is 435 g/mol. The second-order valence-corrected chi connectivity index (χ2v) is 6.96. The number of rotatable bonds is 9. The molecule has 1 aromatic heterocycles. The van der Waals surface area contributed by atoms with Gasteiger partial charge in [0.05, 0.1) is 24.7 Å². The van der Waals surface area contributed by atoms with Crippen LogP contribution in [0.25, 0.3) is 10.4 Å². The lowest BCUT2D eigenvalue weighted by Crippen LogP contribution is -2.53. The van der Waals surface area contributed by atoms with Crippen molar-refractivity contribution in [1.82, 2.24) is 0 Å². The van der Waals surface area contributed by atoms with Gasteiger partial charge in [0.1, 0.15) is 0 Å². The van der Waals surface area contributed by atoms with E-state index in [4.69, 9.17) is 14.2 Å². The summed E-state index contributed by atoms with van der Waals surface area (Å²) in [5.74, 6) is -3.25. The van der Waals surface area contributed by atoms with Gasteiger partial charge < -0.3 is 14.2 Å². The molecular weight excluding hydrogens is 414 g/mol. The zero-order valence-corrected chi connectivity index (χ0v) is 17.5. The van der Waals surface area contributed by atoms with E-state index in [-0.39, 0.29) is 30.4 Å². The van der Waals surface area contributed by atoms with Crippen molar-refractivity contribution in [3.63, 3.8) is 0 Å². The predicted molar refractivity (Wildman–Crippen MR) is 108 cm³/mol. The Labute approximate surface area is 176 Å². The Hall–Kier alpha value is -3.27. The molecule has 0 aliphatic carbocycles. The largest absolute Gasteiger partial charge is 0.464 e. The molecule has 0 aliphatic heterocycles. The molecule has 0 saturated carbocycles. The second kappa shape index (κ2) is 9.97. The van der Waals surface area contributed by atoms with Crippen molar-refractivity contribution >= 4 is 34.9 Å². The zero-order chi connectivity index (χ0) is 22.3. The minimum Gasteiger partial charge on any atom is -0.464 e. The molecular formula is C20H21NO8S. The maximum Gasteiger partial charge on any atom is 0.340 e. The molecule has 0 atom stereocenters. The smallest absolute Gasteiger partial charge is 0.340 e. The number of hydrogen-bond acceptors (Lipinski definition) is 9. The van der Waals surface area contributed by atoms with Crippen molar-refractivity contribution < 1.29 is 33.5 Å². The van der Waals surface area contributed by atoms with Gasteiger partial charge in [0, 0.05) is 21.9 Å². The van der Waals surface area contributed by atoms with Crippen molar-refractivity contribution in [2.75, 3.05) is 19.8 Å². The fraction of sp³-hybridized carbons (Fsp3) is 0.350. The maximum atomic E-state index is 12.9. The van der Waals surface area contributed by atoms with E-state index < -0.39 is 28.2 Å². The molecule has 0 bridgehead atoms. The van der Waals surface area contributed by atoms with Crippen molar-refractivity contribution in [3.8, 4) is 10.4 Å². The number of nitro benzene ring substituents is 1. The first-order valence-corrected chi connectivity index (χ1v) is 10.0. The Morgan fingerprint density at radius 2 is 1.33 bits per heavy atom. The van der Waals surface area contributed by atoms with Crippen LogP contribution in [0.3, 0.4) is 0 Å². The van der Waals surface area contributed by atoms with Gasteiger partial charge in [-0.1, -0.05) is 0 Å². The van der Waals surface area contributed by atoms with Gasteiger partial charge in [-0.25, -0.2) is 14.4 Å². The number of ether oxygens (including phenoxy) is 3. The van der Waals surface area contributed by atoms with Gasteiger partial charge in [-0.3, -0.25) is 10.1 Å². The molecule has 10 heteroatoms. The quantitative estimate of drug-likeness (QED) is 0.193. The predicted octanol–water partition coefficient (Wildman–Crippen LogP) is 3.25. The molecule has 160 valence electrons. The molecule has 0 fully saturated rings. The Morgan fingerprint density at radius 3 is 1.73 bits per heavy atom. The molecule has 30 heavy (non-hydrogen) atoms. The Kier molecular flexibility index (Phi) is 7.65. The molecule has 0 saturated heterocycles. The van der Waals surface area contributed by atoms with Crippen LogP contribution in [0, 0.1) is 10.1 Å². The van der Waals surface area contributed by atoms with Gasteiger partial charge in [-0.05, 0) is 50.6 Å². The standard InChI is InChI=1S/C20H21NO8S/c1-4-27-17(22)20(18(23)28-5-2,19(24)29-6-3)16-12-11-15(30-16)13-7-9-14(10-8-13)21(25)26/h7-12H,4-6H2,1-3H3. The average Bonchev–Trinajstić information content (AvgIpc) is 3.19. The van der Waals surface area contributed by atoms with Crippen LogP contribution in [-0.2, 0) is 34.0 Å². The minimum atomic E-state index is -2.41. The normalized spacial score (nSPS) is 10.9. The molecule has 2 aromatic rings. The van der Waals surface area contributed by atoms with Crippen LogP contribution in [0.4, 0.5) is 5.69 Å². The van der Waals surface area contributed by atoms with E-state index in [0.29, 0.717) is 10.4 Å². The third-order valence-corrected chi connectivity index (χ3v) is 5.34. The molecule has 0 amide bonds. The van der Waals surface area contributed by atoms with Crippen LogP contribution in [0.5, 0.6) is 0 Å². The summed E-state index contributed by atoms with van der Waals surface area (Å²) in [5.41, 5.74) is -1.87. The van der Waals surface area contributed by atoms with Crippen LogP contribution in [-0.4, -0.2) is 42.7 Å². The van der Waals surface area contributed by atoms with E-state index in [1.54, 1.807) is 26.8 Å². The highest BCUT2D eigenvalue weighted by Crippen LogP contribution is 2.39. The summed E-state index contributed by atoms with van der Waals surface area (Å²) in [7, 11) is 0. The molecule has 1 aromatic carbocycles. The van der Waals surface area contributed by atoms with E-state index in [1.807, 2.05) is 0 Å². The lowest BCUT2D eigenvalue weighted by molar-refractivity contribution is -0.384. The van der Waals surface area contributed by atoms with Crippen molar-refractivity contribution in [2.45, 2.75) is 26.2 Å². The summed E-state index contributed by atoms with van der Waals surface area (Å²) >= 11 is 0.997. The summed E-state index contributed by atoms with van der Waals surface area (Å²) in [4.78, 5) is 49.6. The van der Waals surface area contributed by atoms with Crippen LogP contribution in [0.1, 0.15) is 25.6 Å². The van der Waals surface area contributed by atoms with Gasteiger partial charge in [0.25, 0.3) is 11.1 Å². The number of hydrogen-bond donors (Lipinski definition) is 0. The van der Waals surface area contributed by atoms with E-state index >= 15 is 0 Å². The number of carbonyl (C=O) groups excluding carboxylic acids is 3. The first kappa shape index (κ1) is 23.0. The van der Waals surface area contributed by atoms with Crippen LogP contribution in [0.2, 0.25) is 0 Å². The molecule has 9 nitrogen and oxygen atoms in total. The van der Waals surface area contributed by atoms with Gasteiger partial charge in [0.15, 0.2) is 0 Å². The van der Waals surface area contributed by atoms with E-state index in [0.717, 1.165) is 11.3 Å². The summed E-state index contributed by atoms with van der Waals surface area (Å²) < 4.78 is 15.1. The van der Waals surface area contributed by atoms with Crippen molar-refractivity contribution in [2.24, 2.45) is 0 Å². The third kappa shape index (κ3) is 4.33. The number of carbonyl (C=O) groups is 3. The number of esters is 3. The van der Waals surface area contributed by atoms with E-state index in [1.165, 1.54) is 30.3 Å². The zero-order valence-electron chi connectivity index (χ0n) is 16.7. The Morgan fingerprint density at radius 1 is 0.867 bits per heavy atom. The van der Waals surface area contributed by atoms with Crippen molar-refractivity contribution in [3.05, 3.63) is 51.4 Å². The summed E-state index contributed by atoms with van der Waals surface area (Å²) in [6.45, 7) is 4.49. The molecule has 0 spiro atoms. The fourth-order valence-corrected chi connectivity index (χ4v) is 3.88. The summed E-state index contributed by atoms with van der Waals surface area (Å²) in [6.07, 6.45) is 0. The van der Waals surface area contributed by atoms with Crippen LogP contribution in [0.15, 0.2) is 36.4 Å². The van der Waals surface area contributed by atoms with E-state index in [2.05, 4.69) is 0 Å². The van der Waals surface area contributed by atoms with Gasteiger partial charge >= 0.3 is 17.9 Å². The van der Waals surface area contributed by atoms with Gasteiger partial charge in [-0.15, -0.1) is 11.3 Å². The molecule has 0 aliphatic rings. The lowest BCUT2D eigenvalue weighted by Gasteiger charge is -2.26.